The molecule has 0 saturated heterocycles. The Kier molecular flexibility index (Phi) is 4.64. The molecule has 0 aliphatic rings. The second-order valence-corrected chi connectivity index (χ2v) is 4.63. The van der Waals surface area contributed by atoms with Crippen molar-refractivity contribution in [1.82, 2.24) is 0 Å². The van der Waals surface area contributed by atoms with Crippen molar-refractivity contribution in [2.75, 3.05) is 13.2 Å². The average Bonchev–Trinajstić information content (AvgIpc) is 2.80. The van der Waals surface area contributed by atoms with Crippen LogP contribution in [0, 0.1) is 0 Å². The fourth-order valence-corrected chi connectivity index (χ4v) is 2.02. The molecule has 0 spiro atoms. The zero-order valence-electron chi connectivity index (χ0n) is 10.4. The molecule has 0 fully saturated rings. The summed E-state index contributed by atoms with van der Waals surface area (Å²) in [6.07, 6.45) is 0.860. The molecular formula is C14H17ClO3. The monoisotopic (exact) mass is 268 g/mol. The van der Waals surface area contributed by atoms with Gasteiger partial charge in [-0.25, -0.2) is 0 Å². The molecule has 0 bridgehead atoms. The molecule has 4 heteroatoms. The molecule has 1 heterocycles. The summed E-state index contributed by atoms with van der Waals surface area (Å²) in [4.78, 5) is 0. The van der Waals surface area contributed by atoms with Crippen LogP contribution in [0.5, 0.6) is 0 Å². The molecule has 3 nitrogen and oxygen atoms in total. The van der Waals surface area contributed by atoms with Crippen LogP contribution in [0.2, 0.25) is 5.02 Å². The van der Waals surface area contributed by atoms with E-state index in [1.165, 1.54) is 0 Å². The van der Waals surface area contributed by atoms with Crippen LogP contribution in [0.15, 0.2) is 28.7 Å². The minimum atomic E-state index is -0.648. The summed E-state index contributed by atoms with van der Waals surface area (Å²) < 4.78 is 10.9. The third-order valence-corrected chi connectivity index (χ3v) is 3.03. The SMILES string of the molecule is CCCOCCC(O)c1cc2cccc(Cl)c2o1. The number of rotatable bonds is 6. The van der Waals surface area contributed by atoms with Crippen molar-refractivity contribution in [3.8, 4) is 0 Å². The molecule has 2 aromatic rings. The Morgan fingerprint density at radius 3 is 2.94 bits per heavy atom. The molecule has 0 radical (unpaired) electrons. The van der Waals surface area contributed by atoms with E-state index in [0.717, 1.165) is 18.4 Å². The quantitative estimate of drug-likeness (QED) is 0.807. The third kappa shape index (κ3) is 3.05. The largest absolute Gasteiger partial charge is 0.457 e. The van der Waals surface area contributed by atoms with Crippen LogP contribution < -0.4 is 0 Å². The highest BCUT2D eigenvalue weighted by molar-refractivity contribution is 6.34. The van der Waals surface area contributed by atoms with Crippen molar-refractivity contribution in [2.24, 2.45) is 0 Å². The number of fused-ring (bicyclic) bond motifs is 1. The molecule has 1 aromatic heterocycles. The van der Waals surface area contributed by atoms with Crippen molar-refractivity contribution < 1.29 is 14.3 Å². The highest BCUT2D eigenvalue weighted by atomic mass is 35.5. The van der Waals surface area contributed by atoms with Crippen LogP contribution in [0.1, 0.15) is 31.6 Å². The van der Waals surface area contributed by atoms with Gasteiger partial charge in [0.15, 0.2) is 5.58 Å². The van der Waals surface area contributed by atoms with Gasteiger partial charge in [-0.1, -0.05) is 30.7 Å². The molecule has 1 atom stereocenters. The zero-order chi connectivity index (χ0) is 13.0. The number of aliphatic hydroxyl groups excluding tert-OH is 1. The zero-order valence-corrected chi connectivity index (χ0v) is 11.1. The molecule has 1 aromatic carbocycles. The fourth-order valence-electron chi connectivity index (χ4n) is 1.80. The van der Waals surface area contributed by atoms with Crippen LogP contribution in [0.25, 0.3) is 11.0 Å². The first-order chi connectivity index (χ1) is 8.72. The van der Waals surface area contributed by atoms with Crippen LogP contribution in [-0.2, 0) is 4.74 Å². The first-order valence-electron chi connectivity index (χ1n) is 6.16. The first-order valence-corrected chi connectivity index (χ1v) is 6.54. The molecule has 18 heavy (non-hydrogen) atoms. The molecule has 1 unspecified atom stereocenters. The van der Waals surface area contributed by atoms with Gasteiger partial charge < -0.3 is 14.3 Å². The molecule has 0 aliphatic heterocycles. The summed E-state index contributed by atoms with van der Waals surface area (Å²) in [5.41, 5.74) is 0.627. The van der Waals surface area contributed by atoms with E-state index in [2.05, 4.69) is 6.92 Å². The lowest BCUT2D eigenvalue weighted by Gasteiger charge is -2.07. The second kappa shape index (κ2) is 6.23. The van der Waals surface area contributed by atoms with Gasteiger partial charge in [0.1, 0.15) is 11.9 Å². The Bertz CT molecular complexity index is 507. The number of ether oxygens (including phenoxy) is 1. The highest BCUT2D eigenvalue weighted by Crippen LogP contribution is 2.30. The Labute approximate surface area is 111 Å². The lowest BCUT2D eigenvalue weighted by molar-refractivity contribution is 0.0727. The molecule has 2 rings (SSSR count). The van der Waals surface area contributed by atoms with E-state index in [1.807, 2.05) is 18.2 Å². The second-order valence-electron chi connectivity index (χ2n) is 4.22. The minimum Gasteiger partial charge on any atom is -0.457 e. The van der Waals surface area contributed by atoms with E-state index in [-0.39, 0.29) is 0 Å². The van der Waals surface area contributed by atoms with Gasteiger partial charge in [0.2, 0.25) is 0 Å². The van der Waals surface area contributed by atoms with E-state index in [4.69, 9.17) is 20.8 Å². The van der Waals surface area contributed by atoms with Crippen molar-refractivity contribution in [3.63, 3.8) is 0 Å². The summed E-state index contributed by atoms with van der Waals surface area (Å²) in [5, 5.41) is 11.5. The number of halogens is 1. The molecule has 0 amide bonds. The third-order valence-electron chi connectivity index (χ3n) is 2.73. The number of hydrogen-bond acceptors (Lipinski definition) is 3. The summed E-state index contributed by atoms with van der Waals surface area (Å²) in [7, 11) is 0. The number of aliphatic hydroxyl groups is 1. The van der Waals surface area contributed by atoms with Gasteiger partial charge in [0.25, 0.3) is 0 Å². The van der Waals surface area contributed by atoms with Gasteiger partial charge >= 0.3 is 0 Å². The van der Waals surface area contributed by atoms with Crippen molar-refractivity contribution in [1.29, 1.82) is 0 Å². The average molecular weight is 269 g/mol. The summed E-state index contributed by atoms with van der Waals surface area (Å²) in [5.74, 6) is 0.540. The summed E-state index contributed by atoms with van der Waals surface area (Å²) >= 11 is 6.02. The minimum absolute atomic E-state index is 0.525. The maximum Gasteiger partial charge on any atom is 0.152 e. The van der Waals surface area contributed by atoms with Crippen LogP contribution in [0.4, 0.5) is 0 Å². The Balaban J connectivity index is 2.04. The predicted molar refractivity (Wildman–Crippen MR) is 71.9 cm³/mol. The smallest absolute Gasteiger partial charge is 0.152 e. The number of para-hydroxylation sites is 1. The van der Waals surface area contributed by atoms with E-state index >= 15 is 0 Å². The lowest BCUT2D eigenvalue weighted by atomic mass is 10.2. The van der Waals surface area contributed by atoms with Crippen molar-refractivity contribution in [2.45, 2.75) is 25.9 Å². The molecule has 1 N–H and O–H groups in total. The van der Waals surface area contributed by atoms with Gasteiger partial charge in [0.05, 0.1) is 5.02 Å². The fraction of sp³-hybridized carbons (Fsp3) is 0.429. The number of furan rings is 1. The van der Waals surface area contributed by atoms with Crippen LogP contribution >= 0.6 is 11.6 Å². The van der Waals surface area contributed by atoms with E-state index in [1.54, 1.807) is 6.07 Å². The highest BCUT2D eigenvalue weighted by Gasteiger charge is 2.14. The van der Waals surface area contributed by atoms with Gasteiger partial charge in [-0.2, -0.15) is 0 Å². The number of hydrogen-bond donors (Lipinski definition) is 1. The maximum absolute atomic E-state index is 9.99. The van der Waals surface area contributed by atoms with Gasteiger partial charge in [-0.05, 0) is 18.6 Å². The molecule has 0 saturated carbocycles. The summed E-state index contributed by atoms with van der Waals surface area (Å²) in [6.45, 7) is 3.30. The topological polar surface area (TPSA) is 42.6 Å². The van der Waals surface area contributed by atoms with Gasteiger partial charge in [0, 0.05) is 25.0 Å². The molecular weight excluding hydrogens is 252 g/mol. The summed E-state index contributed by atoms with van der Waals surface area (Å²) in [6, 6.07) is 7.37. The van der Waals surface area contributed by atoms with Crippen molar-refractivity contribution >= 4 is 22.6 Å². The Morgan fingerprint density at radius 2 is 2.22 bits per heavy atom. The maximum atomic E-state index is 9.99. The Hall–Kier alpha value is -1.03. The van der Waals surface area contributed by atoms with Crippen LogP contribution in [-0.4, -0.2) is 18.3 Å². The normalized spacial score (nSPS) is 13.1. The standard InChI is InChI=1S/C14H17ClO3/c1-2-7-17-8-6-12(16)13-9-10-4-3-5-11(15)14(10)18-13/h3-5,9,12,16H,2,6-8H2,1H3. The van der Waals surface area contributed by atoms with E-state index < -0.39 is 6.10 Å². The van der Waals surface area contributed by atoms with Crippen LogP contribution in [0.3, 0.4) is 0 Å². The van der Waals surface area contributed by atoms with Gasteiger partial charge in [-0.15, -0.1) is 0 Å². The van der Waals surface area contributed by atoms with E-state index in [9.17, 15) is 5.11 Å². The van der Waals surface area contributed by atoms with Gasteiger partial charge in [-0.3, -0.25) is 0 Å². The van der Waals surface area contributed by atoms with Crippen molar-refractivity contribution in [3.05, 3.63) is 35.0 Å². The number of benzene rings is 1. The first kappa shape index (κ1) is 13.4. The predicted octanol–water partition coefficient (Wildman–Crippen LogP) is 3.94. The Morgan fingerprint density at radius 1 is 1.39 bits per heavy atom. The van der Waals surface area contributed by atoms with E-state index in [0.29, 0.717) is 29.4 Å². The lowest BCUT2D eigenvalue weighted by Crippen LogP contribution is -2.03. The molecule has 98 valence electrons. The molecule has 0 aliphatic carbocycles.